The third-order valence-corrected chi connectivity index (χ3v) is 6.11. The molecule has 2 aromatic rings. The normalized spacial score (nSPS) is 23.8. The van der Waals surface area contributed by atoms with Gasteiger partial charge in [0.05, 0.1) is 0 Å². The van der Waals surface area contributed by atoms with Crippen molar-refractivity contribution in [1.29, 1.82) is 0 Å². The van der Waals surface area contributed by atoms with Gasteiger partial charge in [0.15, 0.2) is 0 Å². The van der Waals surface area contributed by atoms with E-state index >= 15 is 0 Å². The molecule has 0 radical (unpaired) electrons. The quantitative estimate of drug-likeness (QED) is 0.614. The van der Waals surface area contributed by atoms with Crippen molar-refractivity contribution in [3.05, 3.63) is 70.0 Å². The highest BCUT2D eigenvalue weighted by atomic mass is 19.4. The Morgan fingerprint density at radius 1 is 1.07 bits per heavy atom. The Morgan fingerprint density at radius 2 is 1.83 bits per heavy atom. The van der Waals surface area contributed by atoms with Crippen molar-refractivity contribution in [2.75, 3.05) is 19.6 Å². The predicted molar refractivity (Wildman–Crippen MR) is 107 cm³/mol. The zero-order valence-electron chi connectivity index (χ0n) is 16.7. The smallest absolute Gasteiger partial charge is 0.573 e. The van der Waals surface area contributed by atoms with Crippen LogP contribution in [0.25, 0.3) is 5.32 Å². The van der Waals surface area contributed by atoms with Gasteiger partial charge in [-0.05, 0) is 48.9 Å². The number of benzene rings is 2. The molecule has 0 amide bonds. The maximum atomic E-state index is 12.3. The summed E-state index contributed by atoms with van der Waals surface area (Å²) in [5.41, 5.74) is 4.80. The monoisotopic (exact) mass is 403 g/mol. The van der Waals surface area contributed by atoms with Gasteiger partial charge < -0.3 is 10.1 Å². The van der Waals surface area contributed by atoms with Crippen molar-refractivity contribution >= 4 is 0 Å². The summed E-state index contributed by atoms with van der Waals surface area (Å²) in [7, 11) is 0. The Hall–Kier alpha value is -2.05. The van der Waals surface area contributed by atoms with Crippen LogP contribution < -0.4 is 4.74 Å². The van der Waals surface area contributed by atoms with Crippen LogP contribution in [0.4, 0.5) is 13.2 Å². The number of hydrogen-bond acceptors (Lipinski definition) is 2. The van der Waals surface area contributed by atoms with E-state index in [1.807, 2.05) is 0 Å². The average molecular weight is 403 g/mol. The highest BCUT2D eigenvalue weighted by Gasteiger charge is 2.52. The van der Waals surface area contributed by atoms with Crippen LogP contribution in [0, 0.1) is 31.6 Å². The number of likely N-dealkylation sites (tertiary alicyclic amines) is 1. The molecule has 0 bridgehead atoms. The first-order valence-electron chi connectivity index (χ1n) is 10.0. The van der Waals surface area contributed by atoms with E-state index in [4.69, 9.17) is 0 Å². The summed E-state index contributed by atoms with van der Waals surface area (Å²) in [6.45, 7) is 8.76. The highest BCUT2D eigenvalue weighted by Crippen LogP contribution is 2.52. The van der Waals surface area contributed by atoms with E-state index in [-0.39, 0.29) is 5.75 Å². The Labute approximate surface area is 169 Å². The molecule has 29 heavy (non-hydrogen) atoms. The third kappa shape index (κ3) is 5.11. The van der Waals surface area contributed by atoms with E-state index in [1.165, 1.54) is 28.8 Å². The molecule has 4 rings (SSSR count). The SMILES string of the molecule is Cc1ccc(CN2CC3C(C[N-]Cc4cccc(OC(F)(F)F)c4)C3C2)c(C)c1. The van der Waals surface area contributed by atoms with Gasteiger partial charge in [-0.25, -0.2) is 0 Å². The van der Waals surface area contributed by atoms with Gasteiger partial charge in [0, 0.05) is 19.6 Å². The Bertz CT molecular complexity index is 855. The van der Waals surface area contributed by atoms with Crippen molar-refractivity contribution in [3.63, 3.8) is 0 Å². The van der Waals surface area contributed by atoms with Crippen LogP contribution in [0.1, 0.15) is 22.3 Å². The molecule has 0 N–H and O–H groups in total. The Balaban J connectivity index is 1.20. The van der Waals surface area contributed by atoms with Crippen LogP contribution in [0.3, 0.4) is 0 Å². The number of piperidine rings is 1. The number of aryl methyl sites for hydroxylation is 2. The lowest BCUT2D eigenvalue weighted by molar-refractivity contribution is -0.274. The summed E-state index contributed by atoms with van der Waals surface area (Å²) in [6.07, 6.45) is -4.66. The molecule has 0 aromatic heterocycles. The minimum atomic E-state index is -4.66. The van der Waals surface area contributed by atoms with Gasteiger partial charge in [-0.2, -0.15) is 0 Å². The molecule has 2 aliphatic rings. The first-order valence-corrected chi connectivity index (χ1v) is 10.0. The molecule has 2 unspecified atom stereocenters. The van der Waals surface area contributed by atoms with Crippen LogP contribution in [0.15, 0.2) is 42.5 Å². The number of hydrogen-bond donors (Lipinski definition) is 0. The van der Waals surface area contributed by atoms with Gasteiger partial charge in [-0.1, -0.05) is 47.4 Å². The van der Waals surface area contributed by atoms with Crippen molar-refractivity contribution in [3.8, 4) is 5.75 Å². The first-order chi connectivity index (χ1) is 13.8. The van der Waals surface area contributed by atoms with Gasteiger partial charge in [-0.3, -0.25) is 4.90 Å². The van der Waals surface area contributed by atoms with Crippen LogP contribution in [-0.4, -0.2) is 30.9 Å². The molecule has 2 fully saturated rings. The average Bonchev–Trinajstić information content (AvgIpc) is 3.07. The second-order valence-electron chi connectivity index (χ2n) is 8.38. The fourth-order valence-electron chi connectivity index (χ4n) is 4.58. The zero-order chi connectivity index (χ0) is 20.6. The fraction of sp³-hybridized carbons (Fsp3) is 0.478. The summed E-state index contributed by atoms with van der Waals surface area (Å²) in [5, 5.41) is 4.60. The number of alkyl halides is 3. The first kappa shape index (κ1) is 20.2. The highest BCUT2D eigenvalue weighted by molar-refractivity contribution is 5.31. The molecular formula is C23H26F3N2O-. The molecule has 0 spiro atoms. The maximum absolute atomic E-state index is 12.3. The lowest BCUT2D eigenvalue weighted by Gasteiger charge is -2.24. The summed E-state index contributed by atoms with van der Waals surface area (Å²) >= 11 is 0. The molecule has 1 saturated heterocycles. The molecule has 156 valence electrons. The largest absolute Gasteiger partial charge is 0.658 e. The van der Waals surface area contributed by atoms with E-state index in [0.29, 0.717) is 24.3 Å². The van der Waals surface area contributed by atoms with E-state index in [1.54, 1.807) is 12.1 Å². The summed E-state index contributed by atoms with van der Waals surface area (Å²) in [6, 6.07) is 12.7. The van der Waals surface area contributed by atoms with Crippen molar-refractivity contribution in [2.45, 2.75) is 33.3 Å². The van der Waals surface area contributed by atoms with Crippen LogP contribution in [0.5, 0.6) is 5.75 Å². The fourth-order valence-corrected chi connectivity index (χ4v) is 4.58. The zero-order valence-corrected chi connectivity index (χ0v) is 16.7. The number of rotatable bonds is 7. The van der Waals surface area contributed by atoms with E-state index in [2.05, 4.69) is 47.0 Å². The molecule has 1 aliphatic heterocycles. The molecule has 3 nitrogen and oxygen atoms in total. The number of nitrogens with zero attached hydrogens (tertiary/aromatic N) is 2. The standard InChI is InChI=1S/C23H26F3N2O/c1-15-6-7-18(16(2)8-15)12-28-13-21-20(22(21)14-28)11-27-10-17-4-3-5-19(9-17)29-23(24,25)26/h3-9,20-22H,10-14H2,1-2H3/q-1. The summed E-state index contributed by atoms with van der Waals surface area (Å²) in [5.74, 6) is 1.87. The molecule has 2 atom stereocenters. The van der Waals surface area contributed by atoms with Gasteiger partial charge in [0.2, 0.25) is 0 Å². The van der Waals surface area contributed by atoms with Gasteiger partial charge in [0.25, 0.3) is 0 Å². The predicted octanol–water partition coefficient (Wildman–Crippen LogP) is 5.45. The molecule has 6 heteroatoms. The van der Waals surface area contributed by atoms with Gasteiger partial charge in [0.1, 0.15) is 5.75 Å². The maximum Gasteiger partial charge on any atom is 0.573 e. The second-order valence-corrected chi connectivity index (χ2v) is 8.38. The summed E-state index contributed by atoms with van der Waals surface area (Å²) in [4.78, 5) is 2.53. The molecular weight excluding hydrogens is 377 g/mol. The Morgan fingerprint density at radius 3 is 2.52 bits per heavy atom. The minimum Gasteiger partial charge on any atom is -0.658 e. The van der Waals surface area contributed by atoms with Crippen LogP contribution in [0.2, 0.25) is 0 Å². The molecule has 2 aromatic carbocycles. The summed E-state index contributed by atoms with van der Waals surface area (Å²) < 4.78 is 41.0. The molecule has 1 aliphatic carbocycles. The topological polar surface area (TPSA) is 26.6 Å². The van der Waals surface area contributed by atoms with Crippen molar-refractivity contribution < 1.29 is 17.9 Å². The Kier molecular flexibility index (Phi) is 5.58. The lowest BCUT2D eigenvalue weighted by atomic mass is 10.1. The second kappa shape index (κ2) is 8.00. The van der Waals surface area contributed by atoms with Crippen molar-refractivity contribution in [1.82, 2.24) is 4.90 Å². The van der Waals surface area contributed by atoms with Crippen molar-refractivity contribution in [2.24, 2.45) is 17.8 Å². The van der Waals surface area contributed by atoms with Crippen LogP contribution >= 0.6 is 0 Å². The number of fused-ring (bicyclic) bond motifs is 1. The molecule has 1 saturated carbocycles. The lowest BCUT2D eigenvalue weighted by Crippen LogP contribution is -2.25. The van der Waals surface area contributed by atoms with E-state index < -0.39 is 6.36 Å². The molecule has 1 heterocycles. The van der Waals surface area contributed by atoms with E-state index in [9.17, 15) is 13.2 Å². The minimum absolute atomic E-state index is 0.185. The number of halogens is 3. The van der Waals surface area contributed by atoms with Gasteiger partial charge >= 0.3 is 6.36 Å². The van der Waals surface area contributed by atoms with E-state index in [0.717, 1.165) is 31.7 Å². The number of ether oxygens (including phenoxy) is 1. The third-order valence-electron chi connectivity index (χ3n) is 6.11. The van der Waals surface area contributed by atoms with Gasteiger partial charge in [-0.15, -0.1) is 26.3 Å². The van der Waals surface area contributed by atoms with Crippen LogP contribution in [-0.2, 0) is 13.1 Å².